The van der Waals surface area contributed by atoms with Gasteiger partial charge in [0, 0.05) is 82.2 Å². The summed E-state index contributed by atoms with van der Waals surface area (Å²) in [7, 11) is -5.43. The number of aromatic amines is 1. The van der Waals surface area contributed by atoms with Crippen molar-refractivity contribution in [2.75, 3.05) is 58.8 Å². The summed E-state index contributed by atoms with van der Waals surface area (Å²) < 4.78 is 95.3. The van der Waals surface area contributed by atoms with E-state index in [1.165, 1.54) is 13.2 Å². The van der Waals surface area contributed by atoms with Crippen LogP contribution >= 0.6 is 0 Å². The quantitative estimate of drug-likeness (QED) is 0.131. The summed E-state index contributed by atoms with van der Waals surface area (Å²) in [6.07, 6.45) is 2.38. The van der Waals surface area contributed by atoms with Crippen molar-refractivity contribution < 1.29 is 60.7 Å². The lowest BCUT2D eigenvalue weighted by Crippen LogP contribution is -2.81. The Morgan fingerprint density at radius 2 is 1.82 bits per heavy atom. The predicted molar refractivity (Wildman–Crippen MR) is 221 cm³/mol. The van der Waals surface area contributed by atoms with E-state index < -0.39 is 90.4 Å². The molecule has 3 N–H and O–H groups in total. The largest absolute Gasteiger partial charge is 0.496 e. The molecule has 1 spiro atoms. The van der Waals surface area contributed by atoms with Crippen molar-refractivity contribution in [3.8, 4) is 5.75 Å². The topological polar surface area (TPSA) is 171 Å². The minimum atomic E-state index is -3.49. The second-order valence-corrected chi connectivity index (χ2v) is 17.7. The van der Waals surface area contributed by atoms with E-state index in [0.29, 0.717) is 55.7 Å². The molecule has 5 aliphatic heterocycles. The Bertz CT molecular complexity index is 2640. The van der Waals surface area contributed by atoms with Gasteiger partial charge in [-0.25, -0.2) is 4.79 Å². The van der Waals surface area contributed by atoms with Crippen LogP contribution in [-0.2, 0) is 50.6 Å². The van der Waals surface area contributed by atoms with Crippen LogP contribution < -0.4 is 9.64 Å². The predicted octanol–water partition coefficient (Wildman–Crippen LogP) is 3.52. The number of piperidine rings is 1. The number of hydrogen-bond donors (Lipinski definition) is 3. The molecule has 6 aliphatic rings. The summed E-state index contributed by atoms with van der Waals surface area (Å²) in [5.41, 5.74) is -7.82. The molecule has 320 valence electrons. The van der Waals surface area contributed by atoms with Crippen LogP contribution in [0.2, 0.25) is 0 Å². The van der Waals surface area contributed by atoms with Crippen molar-refractivity contribution >= 4 is 40.9 Å². The first-order valence-electron chi connectivity index (χ1n) is 25.1. The number of carbonyl (C=O) groups excluding carboxylic acids is 4. The molecule has 10 atom stereocenters. The summed E-state index contributed by atoms with van der Waals surface area (Å²) in [5.74, 6) is -5.29. The number of esters is 3. The number of para-hydroxylation sites is 1. The van der Waals surface area contributed by atoms with Crippen LogP contribution in [0.1, 0.15) is 87.5 Å². The number of aliphatic hydroxyl groups is 2. The SMILES string of the molecule is [2H]C([2H])([2H])OC(=O)[C@]1(c2cc3c(cc2OC)N(C=O)[C@H]2[C@@](O)(C(=O)OC([2H])([2H])[2H])[C@H](OC(=O)C([2H])([2H])[2H])[C@]4(CC)C=CCN5CC[C@]32[C@@H]54)C[C@@H]2CN(CCc3c1[nH]c1ccccc31)C[C@](O)(CC)C2. The minimum absolute atomic E-state index is 0.0351. The van der Waals surface area contributed by atoms with Crippen molar-refractivity contribution in [1.29, 1.82) is 0 Å². The molecule has 60 heavy (non-hydrogen) atoms. The van der Waals surface area contributed by atoms with Crippen molar-refractivity contribution in [2.24, 2.45) is 11.3 Å². The Balaban J connectivity index is 1.39. The summed E-state index contributed by atoms with van der Waals surface area (Å²) in [4.78, 5) is 66.7. The molecule has 3 fully saturated rings. The number of carbonyl (C=O) groups is 4. The molecule has 0 radical (unpaired) electrons. The molecule has 3 aromatic rings. The molecule has 2 bridgehead atoms. The van der Waals surface area contributed by atoms with Crippen molar-refractivity contribution in [3.63, 3.8) is 0 Å². The Hall–Kier alpha value is -4.76. The number of H-pyrrole nitrogens is 1. The van der Waals surface area contributed by atoms with Crippen LogP contribution in [0.4, 0.5) is 5.69 Å². The van der Waals surface area contributed by atoms with Gasteiger partial charge in [0.25, 0.3) is 0 Å². The highest BCUT2D eigenvalue weighted by Gasteiger charge is 2.81. The summed E-state index contributed by atoms with van der Waals surface area (Å²) in [6, 6.07) is 7.67. The number of aromatic nitrogens is 1. The molecule has 1 saturated carbocycles. The fourth-order valence-corrected chi connectivity index (χ4v) is 13.1. The van der Waals surface area contributed by atoms with E-state index in [4.69, 9.17) is 31.3 Å². The number of benzene rings is 2. The lowest BCUT2D eigenvalue weighted by Gasteiger charge is -2.63. The first-order valence-corrected chi connectivity index (χ1v) is 20.6. The van der Waals surface area contributed by atoms with E-state index in [1.807, 2.05) is 36.1 Å². The number of nitrogens with zero attached hydrogens (tertiary/aromatic N) is 3. The zero-order valence-corrected chi connectivity index (χ0v) is 33.8. The normalized spacial score (nSPS) is 39.3. The maximum atomic E-state index is 15.7. The molecule has 1 aliphatic carbocycles. The maximum absolute atomic E-state index is 15.7. The number of hydrogen-bond acceptors (Lipinski definition) is 12. The molecule has 1 aromatic heterocycles. The standard InChI is InChI=1S/C46H56N4O10/c1-7-42(55)22-28-23-45(40(53)58-5,36-30(14-18-48(24-28)25-42)29-12-9-10-13-33(29)47-36)32-20-31-34(21-35(32)57-4)50(26-51)38-44(31)16-19-49-17-11-15-43(8-2,37(44)49)39(60-27(3)52)46(38,56)41(54)59-6/h9-13,15,20-21,26,28,37-39,47,55-56H,7-8,14,16-19,22-25H2,1-6H3/t28-,37+,38-,39-,42+,43-,44-,45+,46+/m1/s1/i3D3,5D3,6D3. The van der Waals surface area contributed by atoms with Crippen LogP contribution in [0.25, 0.3) is 10.9 Å². The molecule has 2 aromatic carbocycles. The monoisotopic (exact) mass is 833 g/mol. The van der Waals surface area contributed by atoms with Gasteiger partial charge < -0.3 is 39.0 Å². The van der Waals surface area contributed by atoms with Crippen molar-refractivity contribution in [3.05, 3.63) is 70.9 Å². The molecule has 14 heteroatoms. The number of fused-ring (bicyclic) bond motifs is 6. The van der Waals surface area contributed by atoms with Crippen molar-refractivity contribution in [1.82, 2.24) is 14.8 Å². The van der Waals surface area contributed by atoms with Gasteiger partial charge >= 0.3 is 17.9 Å². The summed E-state index contributed by atoms with van der Waals surface area (Å²) in [5, 5.41) is 26.3. The lowest BCUT2D eigenvalue weighted by atomic mass is 9.47. The van der Waals surface area contributed by atoms with E-state index in [2.05, 4.69) is 9.88 Å². The molecule has 14 nitrogen and oxygen atoms in total. The lowest BCUT2D eigenvalue weighted by molar-refractivity contribution is -0.228. The molecular formula is C46H56N4O10. The highest BCUT2D eigenvalue weighted by atomic mass is 16.6. The average Bonchev–Trinajstić information content (AvgIpc) is 3.94. The average molecular weight is 834 g/mol. The molecule has 1 amide bonds. The third kappa shape index (κ3) is 5.19. The van der Waals surface area contributed by atoms with Crippen LogP contribution in [0, 0.1) is 11.3 Å². The number of ether oxygens (including phenoxy) is 4. The fraction of sp³-hybridized carbons (Fsp3) is 0.565. The van der Waals surface area contributed by atoms with Gasteiger partial charge in [0.15, 0.2) is 6.10 Å². The van der Waals surface area contributed by atoms with E-state index >= 15 is 4.79 Å². The maximum Gasteiger partial charge on any atom is 0.344 e. The van der Waals surface area contributed by atoms with Gasteiger partial charge in [-0.15, -0.1) is 0 Å². The second-order valence-electron chi connectivity index (χ2n) is 17.7. The highest BCUT2D eigenvalue weighted by Crippen LogP contribution is 2.68. The molecule has 6 heterocycles. The van der Waals surface area contributed by atoms with E-state index in [0.717, 1.165) is 10.3 Å². The Morgan fingerprint density at radius 1 is 1.02 bits per heavy atom. The van der Waals surface area contributed by atoms with Crippen LogP contribution in [0.3, 0.4) is 0 Å². The Kier molecular flexibility index (Phi) is 7.34. The molecule has 9 rings (SSSR count). The smallest absolute Gasteiger partial charge is 0.344 e. The van der Waals surface area contributed by atoms with Gasteiger partial charge in [-0.1, -0.05) is 44.2 Å². The van der Waals surface area contributed by atoms with Gasteiger partial charge in [-0.2, -0.15) is 0 Å². The number of nitrogens with one attached hydrogen (secondary N) is 1. The number of anilines is 1. The summed E-state index contributed by atoms with van der Waals surface area (Å²) >= 11 is 0. The first kappa shape index (κ1) is 31.1. The first-order chi connectivity index (χ1) is 32.3. The van der Waals surface area contributed by atoms with Gasteiger partial charge in [0.2, 0.25) is 12.0 Å². The fourth-order valence-electron chi connectivity index (χ4n) is 13.1. The molecular weight excluding hydrogens is 769 g/mol. The third-order valence-corrected chi connectivity index (χ3v) is 15.3. The number of methoxy groups -OCH3 is 3. The van der Waals surface area contributed by atoms with Crippen LogP contribution in [0.15, 0.2) is 48.6 Å². The van der Waals surface area contributed by atoms with Gasteiger partial charge in [-0.05, 0) is 74.2 Å². The number of amides is 1. The Labute approximate surface area is 362 Å². The minimum Gasteiger partial charge on any atom is -0.496 e. The number of rotatable bonds is 8. The van der Waals surface area contributed by atoms with Crippen LogP contribution in [0.5, 0.6) is 5.75 Å². The Morgan fingerprint density at radius 3 is 2.55 bits per heavy atom. The molecule has 1 unspecified atom stereocenters. The van der Waals surface area contributed by atoms with E-state index in [9.17, 15) is 24.6 Å². The second kappa shape index (κ2) is 14.1. The molecule has 2 saturated heterocycles. The highest BCUT2D eigenvalue weighted by molar-refractivity contribution is 5.96. The van der Waals surface area contributed by atoms with Gasteiger partial charge in [-0.3, -0.25) is 24.2 Å². The van der Waals surface area contributed by atoms with E-state index in [1.54, 1.807) is 25.1 Å². The van der Waals surface area contributed by atoms with Gasteiger partial charge in [0.05, 0.1) is 46.7 Å². The van der Waals surface area contributed by atoms with Crippen LogP contribution in [-0.4, -0.2) is 133 Å². The van der Waals surface area contributed by atoms with Gasteiger partial charge in [0.1, 0.15) is 11.2 Å². The zero-order valence-electron chi connectivity index (χ0n) is 42.8. The van der Waals surface area contributed by atoms with Crippen molar-refractivity contribution in [2.45, 2.75) is 99.4 Å². The zero-order chi connectivity index (χ0) is 50.1. The summed E-state index contributed by atoms with van der Waals surface area (Å²) in [6.45, 7) is 1.90. The van der Waals surface area contributed by atoms with E-state index in [-0.39, 0.29) is 61.3 Å². The third-order valence-electron chi connectivity index (χ3n) is 15.3.